The Labute approximate surface area is 147 Å². The van der Waals surface area contributed by atoms with Crippen LogP contribution in [0.15, 0.2) is 30.3 Å². The smallest absolute Gasteiger partial charge is 0.409 e. The molecule has 136 valence electrons. The summed E-state index contributed by atoms with van der Waals surface area (Å²) in [5.41, 5.74) is 0.697. The van der Waals surface area contributed by atoms with E-state index in [-0.39, 0.29) is 12.1 Å². The number of piperidine rings is 1. The van der Waals surface area contributed by atoms with Crippen LogP contribution in [0.2, 0.25) is 0 Å². The zero-order chi connectivity index (χ0) is 18.2. The molecule has 1 N–H and O–H groups in total. The van der Waals surface area contributed by atoms with Gasteiger partial charge in [0.05, 0.1) is 6.61 Å². The van der Waals surface area contributed by atoms with E-state index in [1.165, 1.54) is 4.90 Å². The first-order valence-electron chi connectivity index (χ1n) is 8.65. The van der Waals surface area contributed by atoms with Gasteiger partial charge < -0.3 is 19.9 Å². The van der Waals surface area contributed by atoms with Gasteiger partial charge in [-0.2, -0.15) is 0 Å². The van der Waals surface area contributed by atoms with Crippen molar-refractivity contribution in [2.75, 3.05) is 31.1 Å². The van der Waals surface area contributed by atoms with E-state index in [0.717, 1.165) is 0 Å². The molecule has 1 fully saturated rings. The summed E-state index contributed by atoms with van der Waals surface area (Å²) in [4.78, 5) is 39.5. The number of hydrogen-bond donors (Lipinski definition) is 1. The maximum Gasteiger partial charge on any atom is 0.409 e. The number of carbonyl (C=O) groups excluding carboxylic acids is 3. The SMILES string of the molecule is CCOC(=O)N1CCC(NC(=O)C(=O)N(CC)c2ccccc2)CC1. The third kappa shape index (κ3) is 4.95. The lowest BCUT2D eigenvalue weighted by Gasteiger charge is -2.31. The van der Waals surface area contributed by atoms with Crippen LogP contribution >= 0.6 is 0 Å². The number of benzene rings is 1. The minimum absolute atomic E-state index is 0.114. The van der Waals surface area contributed by atoms with Gasteiger partial charge in [-0.1, -0.05) is 18.2 Å². The average Bonchev–Trinajstić information content (AvgIpc) is 2.64. The Kier molecular flexibility index (Phi) is 6.80. The lowest BCUT2D eigenvalue weighted by atomic mass is 10.1. The third-order valence-electron chi connectivity index (χ3n) is 4.18. The number of nitrogens with one attached hydrogen (secondary N) is 1. The van der Waals surface area contributed by atoms with E-state index in [0.29, 0.717) is 44.8 Å². The van der Waals surface area contributed by atoms with Crippen molar-refractivity contribution in [3.05, 3.63) is 30.3 Å². The molecule has 25 heavy (non-hydrogen) atoms. The van der Waals surface area contributed by atoms with E-state index in [9.17, 15) is 14.4 Å². The van der Waals surface area contributed by atoms with E-state index in [4.69, 9.17) is 4.74 Å². The van der Waals surface area contributed by atoms with Gasteiger partial charge in [0.15, 0.2) is 0 Å². The fraction of sp³-hybridized carbons (Fsp3) is 0.500. The largest absolute Gasteiger partial charge is 0.450 e. The first-order chi connectivity index (χ1) is 12.1. The monoisotopic (exact) mass is 347 g/mol. The van der Waals surface area contributed by atoms with Crippen LogP contribution < -0.4 is 10.2 Å². The maximum atomic E-state index is 12.4. The molecule has 0 saturated carbocycles. The maximum absolute atomic E-state index is 12.4. The number of likely N-dealkylation sites (N-methyl/N-ethyl adjacent to an activating group) is 1. The van der Waals surface area contributed by atoms with Crippen LogP contribution in [0.4, 0.5) is 10.5 Å². The molecule has 0 aromatic heterocycles. The van der Waals surface area contributed by atoms with Gasteiger partial charge in [0.25, 0.3) is 0 Å². The Bertz CT molecular complexity index is 598. The second-order valence-corrected chi connectivity index (χ2v) is 5.82. The summed E-state index contributed by atoms with van der Waals surface area (Å²) in [6.07, 6.45) is 0.884. The van der Waals surface area contributed by atoms with Crippen molar-refractivity contribution in [2.45, 2.75) is 32.7 Å². The van der Waals surface area contributed by atoms with E-state index < -0.39 is 11.8 Å². The number of anilines is 1. The summed E-state index contributed by atoms with van der Waals surface area (Å²) in [6.45, 7) is 5.37. The number of hydrogen-bond acceptors (Lipinski definition) is 4. The van der Waals surface area contributed by atoms with Crippen molar-refractivity contribution in [1.29, 1.82) is 0 Å². The van der Waals surface area contributed by atoms with Crippen molar-refractivity contribution >= 4 is 23.6 Å². The average molecular weight is 347 g/mol. The van der Waals surface area contributed by atoms with Crippen molar-refractivity contribution in [3.63, 3.8) is 0 Å². The van der Waals surface area contributed by atoms with E-state index in [2.05, 4.69) is 5.32 Å². The van der Waals surface area contributed by atoms with Gasteiger partial charge in [-0.25, -0.2) is 4.79 Å². The lowest BCUT2D eigenvalue weighted by Crippen LogP contribution is -2.51. The van der Waals surface area contributed by atoms with Crippen LogP contribution in [0.3, 0.4) is 0 Å². The zero-order valence-corrected chi connectivity index (χ0v) is 14.7. The van der Waals surface area contributed by atoms with Crippen LogP contribution in [-0.2, 0) is 14.3 Å². The van der Waals surface area contributed by atoms with E-state index >= 15 is 0 Å². The molecule has 1 saturated heterocycles. The molecule has 2 rings (SSSR count). The highest BCUT2D eigenvalue weighted by molar-refractivity contribution is 6.40. The molecule has 0 aliphatic carbocycles. The lowest BCUT2D eigenvalue weighted by molar-refractivity contribution is -0.138. The predicted molar refractivity (Wildman–Crippen MR) is 94.2 cm³/mol. The molecule has 0 radical (unpaired) electrons. The van der Waals surface area contributed by atoms with Gasteiger partial charge >= 0.3 is 17.9 Å². The number of ether oxygens (including phenoxy) is 1. The summed E-state index contributed by atoms with van der Waals surface area (Å²) < 4.78 is 4.97. The molecule has 1 aliphatic heterocycles. The molecule has 1 aromatic carbocycles. The summed E-state index contributed by atoms with van der Waals surface area (Å²) in [7, 11) is 0. The summed E-state index contributed by atoms with van der Waals surface area (Å²) in [5, 5.41) is 2.79. The summed E-state index contributed by atoms with van der Waals surface area (Å²) >= 11 is 0. The molecule has 1 aromatic rings. The van der Waals surface area contributed by atoms with Gasteiger partial charge in [-0.15, -0.1) is 0 Å². The molecule has 7 nitrogen and oxygen atoms in total. The highest BCUT2D eigenvalue weighted by atomic mass is 16.6. The molecule has 0 atom stereocenters. The van der Waals surface area contributed by atoms with Crippen LogP contribution in [0.1, 0.15) is 26.7 Å². The van der Waals surface area contributed by atoms with Crippen LogP contribution in [0, 0.1) is 0 Å². The highest BCUT2D eigenvalue weighted by Crippen LogP contribution is 2.14. The predicted octanol–water partition coefficient (Wildman–Crippen LogP) is 1.78. The van der Waals surface area contributed by atoms with Gasteiger partial charge in [0.2, 0.25) is 0 Å². The Morgan fingerprint density at radius 3 is 2.36 bits per heavy atom. The molecule has 3 amide bonds. The van der Waals surface area contributed by atoms with Crippen LogP contribution in [0.5, 0.6) is 0 Å². The number of carbonyl (C=O) groups is 3. The standard InChI is InChI=1S/C18H25N3O4/c1-3-21(15-8-6-5-7-9-15)17(23)16(22)19-14-10-12-20(13-11-14)18(24)25-4-2/h5-9,14H,3-4,10-13H2,1-2H3,(H,19,22). The fourth-order valence-electron chi connectivity index (χ4n) is 2.84. The topological polar surface area (TPSA) is 79.0 Å². The molecular formula is C18H25N3O4. The molecule has 7 heteroatoms. The Balaban J connectivity index is 1.87. The minimum atomic E-state index is -0.611. The van der Waals surface area contributed by atoms with Crippen LogP contribution in [0.25, 0.3) is 0 Å². The van der Waals surface area contributed by atoms with Gasteiger partial charge in [0, 0.05) is 31.4 Å². The molecule has 0 bridgehead atoms. The van der Waals surface area contributed by atoms with Gasteiger partial charge in [-0.3, -0.25) is 9.59 Å². The zero-order valence-electron chi connectivity index (χ0n) is 14.7. The van der Waals surface area contributed by atoms with E-state index in [1.807, 2.05) is 25.1 Å². The van der Waals surface area contributed by atoms with Crippen LogP contribution in [-0.4, -0.2) is 55.1 Å². The Morgan fingerprint density at radius 1 is 1.16 bits per heavy atom. The minimum Gasteiger partial charge on any atom is -0.450 e. The first-order valence-corrected chi connectivity index (χ1v) is 8.65. The number of nitrogens with zero attached hydrogens (tertiary/aromatic N) is 2. The second kappa shape index (κ2) is 9.05. The molecule has 1 heterocycles. The summed E-state index contributed by atoms with van der Waals surface area (Å²) in [5.74, 6) is -1.18. The fourth-order valence-corrected chi connectivity index (χ4v) is 2.84. The highest BCUT2D eigenvalue weighted by Gasteiger charge is 2.28. The molecule has 0 spiro atoms. The molecule has 0 unspecified atom stereocenters. The van der Waals surface area contributed by atoms with Crippen molar-refractivity contribution < 1.29 is 19.1 Å². The van der Waals surface area contributed by atoms with E-state index in [1.54, 1.807) is 24.0 Å². The van der Waals surface area contributed by atoms with Crippen molar-refractivity contribution in [1.82, 2.24) is 10.2 Å². The number of likely N-dealkylation sites (tertiary alicyclic amines) is 1. The second-order valence-electron chi connectivity index (χ2n) is 5.82. The molecule has 1 aliphatic rings. The number of para-hydroxylation sites is 1. The normalized spacial score (nSPS) is 14.7. The summed E-state index contributed by atoms with van der Waals surface area (Å²) in [6, 6.07) is 9.00. The number of rotatable bonds is 4. The third-order valence-corrected chi connectivity index (χ3v) is 4.18. The van der Waals surface area contributed by atoms with Gasteiger partial charge in [0.1, 0.15) is 0 Å². The first kappa shape index (κ1) is 18.8. The number of amides is 3. The molecular weight excluding hydrogens is 322 g/mol. The Hall–Kier alpha value is -2.57. The quantitative estimate of drug-likeness (QED) is 0.842. The van der Waals surface area contributed by atoms with Crippen molar-refractivity contribution in [2.24, 2.45) is 0 Å². The van der Waals surface area contributed by atoms with Crippen molar-refractivity contribution in [3.8, 4) is 0 Å². The van der Waals surface area contributed by atoms with Gasteiger partial charge in [-0.05, 0) is 38.8 Å². The Morgan fingerprint density at radius 2 is 1.80 bits per heavy atom.